The van der Waals surface area contributed by atoms with Crippen LogP contribution in [0, 0.1) is 5.82 Å². The molecular weight excluding hydrogens is 307 g/mol. The number of H-pyrrole nitrogens is 1. The molecule has 3 aromatic rings. The molecule has 22 heavy (non-hydrogen) atoms. The third-order valence-corrected chi connectivity index (χ3v) is 3.30. The number of aromatic amines is 1. The fraction of sp³-hybridized carbons (Fsp3) is 0. The van der Waals surface area contributed by atoms with Crippen molar-refractivity contribution in [3.8, 4) is 11.3 Å². The van der Waals surface area contributed by atoms with Gasteiger partial charge < -0.3 is 5.32 Å². The molecule has 0 atom stereocenters. The third kappa shape index (κ3) is 2.82. The first kappa shape index (κ1) is 14.2. The van der Waals surface area contributed by atoms with Crippen LogP contribution in [-0.4, -0.2) is 21.1 Å². The highest BCUT2D eigenvalue weighted by molar-refractivity contribution is 6.33. The Labute approximate surface area is 130 Å². The van der Waals surface area contributed by atoms with Crippen LogP contribution in [0.25, 0.3) is 11.3 Å². The molecule has 0 fully saturated rings. The normalized spacial score (nSPS) is 10.5. The second-order valence-electron chi connectivity index (χ2n) is 4.45. The molecule has 0 saturated heterocycles. The lowest BCUT2D eigenvalue weighted by Gasteiger charge is -2.07. The molecule has 110 valence electrons. The molecule has 3 rings (SSSR count). The number of halogens is 2. The Balaban J connectivity index is 1.89. The van der Waals surface area contributed by atoms with Crippen molar-refractivity contribution in [2.75, 3.05) is 5.32 Å². The molecule has 0 aliphatic heterocycles. The number of rotatable bonds is 3. The van der Waals surface area contributed by atoms with Crippen molar-refractivity contribution in [3.05, 3.63) is 65.2 Å². The minimum Gasteiger partial charge on any atom is -0.307 e. The van der Waals surface area contributed by atoms with E-state index < -0.39 is 11.7 Å². The first-order valence-corrected chi connectivity index (χ1v) is 6.74. The third-order valence-electron chi connectivity index (χ3n) is 2.99. The van der Waals surface area contributed by atoms with Gasteiger partial charge in [-0.1, -0.05) is 17.7 Å². The maximum absolute atomic E-state index is 14.2. The van der Waals surface area contributed by atoms with E-state index in [1.165, 1.54) is 18.3 Å². The van der Waals surface area contributed by atoms with E-state index in [9.17, 15) is 9.18 Å². The van der Waals surface area contributed by atoms with Gasteiger partial charge in [0.15, 0.2) is 0 Å². The van der Waals surface area contributed by atoms with Gasteiger partial charge in [0.05, 0.1) is 22.5 Å². The van der Waals surface area contributed by atoms with E-state index >= 15 is 0 Å². The van der Waals surface area contributed by atoms with Gasteiger partial charge in [-0.05, 0) is 24.3 Å². The van der Waals surface area contributed by atoms with Crippen LogP contribution in [0.4, 0.5) is 10.2 Å². The standard InChI is InChI=1S/C15H10ClFN4O/c16-11-2-1-6-18-14(11)9-3-4-10(12(17)8-9)15(22)20-13-5-7-19-21-13/h1-8H,(H2,19,20,21,22). The predicted molar refractivity (Wildman–Crippen MR) is 81.2 cm³/mol. The van der Waals surface area contributed by atoms with Crippen molar-refractivity contribution in [2.24, 2.45) is 0 Å². The number of nitrogens with one attached hydrogen (secondary N) is 2. The number of aromatic nitrogens is 3. The van der Waals surface area contributed by atoms with Crippen LogP contribution in [0.3, 0.4) is 0 Å². The highest BCUT2D eigenvalue weighted by atomic mass is 35.5. The fourth-order valence-corrected chi connectivity index (χ4v) is 2.19. The number of hydrogen-bond donors (Lipinski definition) is 2. The second-order valence-corrected chi connectivity index (χ2v) is 4.86. The maximum Gasteiger partial charge on any atom is 0.259 e. The van der Waals surface area contributed by atoms with Crippen LogP contribution in [-0.2, 0) is 0 Å². The fourth-order valence-electron chi connectivity index (χ4n) is 1.96. The average Bonchev–Trinajstić information content (AvgIpc) is 3.00. The molecule has 1 amide bonds. The van der Waals surface area contributed by atoms with Crippen molar-refractivity contribution in [3.63, 3.8) is 0 Å². The molecule has 0 bridgehead atoms. The molecule has 2 N–H and O–H groups in total. The molecule has 1 aromatic carbocycles. The van der Waals surface area contributed by atoms with Crippen molar-refractivity contribution >= 4 is 23.3 Å². The van der Waals surface area contributed by atoms with Crippen molar-refractivity contribution in [1.82, 2.24) is 15.2 Å². The van der Waals surface area contributed by atoms with Gasteiger partial charge in [0.1, 0.15) is 11.6 Å². The number of anilines is 1. The van der Waals surface area contributed by atoms with Gasteiger partial charge in [-0.25, -0.2) is 4.39 Å². The van der Waals surface area contributed by atoms with Gasteiger partial charge in [0.2, 0.25) is 0 Å². The summed E-state index contributed by atoms with van der Waals surface area (Å²) in [4.78, 5) is 16.1. The Morgan fingerprint density at radius 3 is 2.77 bits per heavy atom. The minimum atomic E-state index is -0.656. The molecule has 0 aliphatic rings. The van der Waals surface area contributed by atoms with E-state index in [2.05, 4.69) is 20.5 Å². The van der Waals surface area contributed by atoms with Crippen molar-refractivity contribution < 1.29 is 9.18 Å². The Bertz CT molecular complexity index is 820. The molecule has 0 spiro atoms. The quantitative estimate of drug-likeness (QED) is 0.776. The molecule has 5 nitrogen and oxygen atoms in total. The summed E-state index contributed by atoms with van der Waals surface area (Å²) in [6.45, 7) is 0. The smallest absolute Gasteiger partial charge is 0.259 e. The highest BCUT2D eigenvalue weighted by Crippen LogP contribution is 2.26. The lowest BCUT2D eigenvalue weighted by Crippen LogP contribution is -2.14. The topological polar surface area (TPSA) is 70.7 Å². The summed E-state index contributed by atoms with van der Waals surface area (Å²) in [6.07, 6.45) is 3.05. The SMILES string of the molecule is O=C(Nc1ccn[nH]1)c1ccc(-c2ncccc2Cl)cc1F. The molecule has 0 saturated carbocycles. The summed E-state index contributed by atoms with van der Waals surface area (Å²) in [6, 6.07) is 9.14. The van der Waals surface area contributed by atoms with E-state index in [1.54, 1.807) is 30.5 Å². The van der Waals surface area contributed by atoms with E-state index in [0.717, 1.165) is 0 Å². The summed E-state index contributed by atoms with van der Waals surface area (Å²) >= 11 is 6.03. The first-order valence-electron chi connectivity index (χ1n) is 6.36. The first-order chi connectivity index (χ1) is 10.6. The van der Waals surface area contributed by atoms with Crippen LogP contribution in [0.1, 0.15) is 10.4 Å². The lowest BCUT2D eigenvalue weighted by atomic mass is 10.1. The molecule has 2 heterocycles. The van der Waals surface area contributed by atoms with E-state index in [0.29, 0.717) is 22.1 Å². The average molecular weight is 317 g/mol. The van der Waals surface area contributed by atoms with Gasteiger partial charge in [-0.15, -0.1) is 0 Å². The van der Waals surface area contributed by atoms with Crippen LogP contribution < -0.4 is 5.32 Å². The van der Waals surface area contributed by atoms with Crippen molar-refractivity contribution in [2.45, 2.75) is 0 Å². The summed E-state index contributed by atoms with van der Waals surface area (Å²) in [5.74, 6) is -0.835. The molecular formula is C15H10ClFN4O. The second kappa shape index (κ2) is 5.95. The van der Waals surface area contributed by atoms with E-state index in [1.807, 2.05) is 0 Å². The molecule has 0 unspecified atom stereocenters. The summed E-state index contributed by atoms with van der Waals surface area (Å²) < 4.78 is 14.2. The number of carbonyl (C=O) groups excluding carboxylic acids is 1. The Morgan fingerprint density at radius 1 is 1.23 bits per heavy atom. The number of benzene rings is 1. The van der Waals surface area contributed by atoms with Gasteiger partial charge in [0, 0.05) is 17.8 Å². The monoisotopic (exact) mass is 316 g/mol. The molecule has 0 radical (unpaired) electrons. The predicted octanol–water partition coefficient (Wildman–Crippen LogP) is 3.52. The van der Waals surface area contributed by atoms with Crippen LogP contribution in [0.2, 0.25) is 5.02 Å². The van der Waals surface area contributed by atoms with Gasteiger partial charge in [-0.3, -0.25) is 14.9 Å². The Hall–Kier alpha value is -2.73. The number of pyridine rings is 1. The van der Waals surface area contributed by atoms with Crippen molar-refractivity contribution in [1.29, 1.82) is 0 Å². The molecule has 2 aromatic heterocycles. The van der Waals surface area contributed by atoms with Crippen LogP contribution >= 0.6 is 11.6 Å². The van der Waals surface area contributed by atoms with Crippen LogP contribution in [0.15, 0.2) is 48.8 Å². The van der Waals surface area contributed by atoms with Gasteiger partial charge in [0.25, 0.3) is 5.91 Å². The minimum absolute atomic E-state index is 0.0783. The van der Waals surface area contributed by atoms with E-state index in [4.69, 9.17) is 11.6 Å². The zero-order valence-electron chi connectivity index (χ0n) is 11.2. The summed E-state index contributed by atoms with van der Waals surface area (Å²) in [5.41, 5.74) is 0.884. The summed E-state index contributed by atoms with van der Waals surface area (Å²) in [7, 11) is 0. The molecule has 7 heteroatoms. The Morgan fingerprint density at radius 2 is 2.09 bits per heavy atom. The van der Waals surface area contributed by atoms with Gasteiger partial charge >= 0.3 is 0 Å². The number of nitrogens with zero attached hydrogens (tertiary/aromatic N) is 2. The number of carbonyl (C=O) groups is 1. The molecule has 0 aliphatic carbocycles. The zero-order valence-corrected chi connectivity index (χ0v) is 11.9. The number of amides is 1. The zero-order chi connectivity index (χ0) is 15.5. The van der Waals surface area contributed by atoms with Crippen LogP contribution in [0.5, 0.6) is 0 Å². The summed E-state index contributed by atoms with van der Waals surface area (Å²) in [5, 5.41) is 9.19. The lowest BCUT2D eigenvalue weighted by molar-refractivity contribution is 0.102. The van der Waals surface area contributed by atoms with E-state index in [-0.39, 0.29) is 5.56 Å². The van der Waals surface area contributed by atoms with Gasteiger partial charge in [-0.2, -0.15) is 5.10 Å². The largest absolute Gasteiger partial charge is 0.307 e. The maximum atomic E-state index is 14.2. The highest BCUT2D eigenvalue weighted by Gasteiger charge is 2.14. The Kier molecular flexibility index (Phi) is 3.84. The number of hydrogen-bond acceptors (Lipinski definition) is 3.